The highest BCUT2D eigenvalue weighted by Gasteiger charge is 2.30. The number of amidine groups is 1. The van der Waals surface area contributed by atoms with Gasteiger partial charge in [0.05, 0.1) is 16.9 Å². The van der Waals surface area contributed by atoms with Crippen LogP contribution in [-0.2, 0) is 4.74 Å². The van der Waals surface area contributed by atoms with Crippen molar-refractivity contribution in [3.63, 3.8) is 0 Å². The van der Waals surface area contributed by atoms with Crippen molar-refractivity contribution < 1.29 is 9.13 Å². The first kappa shape index (κ1) is 19.4. The molecule has 5 nitrogen and oxygen atoms in total. The van der Waals surface area contributed by atoms with Crippen molar-refractivity contribution in [1.82, 2.24) is 9.80 Å². The second-order valence-corrected chi connectivity index (χ2v) is 8.64. The van der Waals surface area contributed by atoms with E-state index in [9.17, 15) is 4.39 Å². The maximum absolute atomic E-state index is 13.9. The van der Waals surface area contributed by atoms with Gasteiger partial charge in [0.15, 0.2) is 0 Å². The lowest BCUT2D eigenvalue weighted by molar-refractivity contribution is 0.0843. The monoisotopic (exact) mass is 402 g/mol. The highest BCUT2D eigenvalue weighted by Crippen LogP contribution is 2.39. The number of aliphatic imine (C=N–C) groups is 1. The summed E-state index contributed by atoms with van der Waals surface area (Å²) in [6.45, 7) is 8.42. The Balaban J connectivity index is 1.67. The molecule has 1 fully saturated rings. The number of ether oxygens (including phenoxy) is 1. The first-order valence-electron chi connectivity index (χ1n) is 9.84. The Morgan fingerprint density at radius 1 is 1.32 bits per heavy atom. The number of anilines is 2. The molecule has 150 valence electrons. The third-order valence-electron chi connectivity index (χ3n) is 5.41. The number of fused-ring (bicyclic) bond motifs is 2. The van der Waals surface area contributed by atoms with E-state index in [0.717, 1.165) is 61.4 Å². The molecule has 2 aromatic rings. The Morgan fingerprint density at radius 3 is 3.00 bits per heavy atom. The first-order valence-corrected chi connectivity index (χ1v) is 10.7. The Kier molecular flexibility index (Phi) is 5.66. The number of hydrogen-bond acceptors (Lipinski definition) is 6. The second kappa shape index (κ2) is 8.19. The van der Waals surface area contributed by atoms with Crippen molar-refractivity contribution in [2.75, 3.05) is 45.2 Å². The van der Waals surface area contributed by atoms with E-state index in [1.54, 1.807) is 17.4 Å². The first-order chi connectivity index (χ1) is 13.5. The van der Waals surface area contributed by atoms with Gasteiger partial charge >= 0.3 is 0 Å². The number of likely N-dealkylation sites (N-methyl/N-ethyl adjacent to an activating group) is 1. The lowest BCUT2D eigenvalue weighted by Gasteiger charge is -2.41. The van der Waals surface area contributed by atoms with Gasteiger partial charge in [0.1, 0.15) is 16.7 Å². The molecule has 1 aromatic heterocycles. The van der Waals surface area contributed by atoms with Crippen LogP contribution in [0.3, 0.4) is 0 Å². The second-order valence-electron chi connectivity index (χ2n) is 7.39. The van der Waals surface area contributed by atoms with Crippen LogP contribution in [0.25, 0.3) is 0 Å². The molecule has 0 bridgehead atoms. The van der Waals surface area contributed by atoms with E-state index in [1.807, 2.05) is 6.92 Å². The van der Waals surface area contributed by atoms with Gasteiger partial charge in [-0.3, -0.25) is 4.90 Å². The molecule has 0 amide bonds. The number of thiophene rings is 1. The van der Waals surface area contributed by atoms with Crippen molar-refractivity contribution in [3.8, 4) is 0 Å². The molecule has 28 heavy (non-hydrogen) atoms. The number of nitrogens with zero attached hydrogens (tertiary/aromatic N) is 3. The van der Waals surface area contributed by atoms with E-state index in [-0.39, 0.29) is 5.82 Å². The quantitative estimate of drug-likeness (QED) is 0.771. The van der Waals surface area contributed by atoms with Crippen molar-refractivity contribution >= 4 is 33.5 Å². The fourth-order valence-electron chi connectivity index (χ4n) is 3.83. The van der Waals surface area contributed by atoms with Crippen molar-refractivity contribution in [3.05, 3.63) is 40.5 Å². The number of piperazine rings is 1. The van der Waals surface area contributed by atoms with Crippen LogP contribution in [0.2, 0.25) is 0 Å². The summed E-state index contributed by atoms with van der Waals surface area (Å²) in [4.78, 5) is 10.9. The van der Waals surface area contributed by atoms with Crippen LogP contribution in [0.15, 0.2) is 29.3 Å². The number of rotatable bonds is 4. The van der Waals surface area contributed by atoms with Crippen LogP contribution in [0, 0.1) is 12.7 Å². The molecule has 3 heterocycles. The van der Waals surface area contributed by atoms with Crippen molar-refractivity contribution in [2.24, 2.45) is 4.99 Å². The maximum Gasteiger partial charge on any atom is 0.139 e. The largest absolute Gasteiger partial charge is 0.382 e. The van der Waals surface area contributed by atoms with Crippen LogP contribution in [-0.4, -0.2) is 61.6 Å². The average Bonchev–Trinajstić information content (AvgIpc) is 2.96. The van der Waals surface area contributed by atoms with E-state index in [2.05, 4.69) is 35.2 Å². The fraction of sp³-hybridized carbons (Fsp3) is 0.476. The maximum atomic E-state index is 13.9. The number of benzene rings is 1. The molecule has 0 spiro atoms. The van der Waals surface area contributed by atoms with Gasteiger partial charge in [0.25, 0.3) is 0 Å². The number of aryl methyl sites for hydroxylation is 1. The summed E-state index contributed by atoms with van der Waals surface area (Å²) >= 11 is 1.71. The van der Waals surface area contributed by atoms with E-state index < -0.39 is 0 Å². The molecule has 7 heteroatoms. The van der Waals surface area contributed by atoms with Crippen LogP contribution in [0.1, 0.15) is 23.8 Å². The lowest BCUT2D eigenvalue weighted by Crippen LogP contribution is -2.53. The van der Waals surface area contributed by atoms with Gasteiger partial charge in [-0.2, -0.15) is 0 Å². The predicted octanol–water partition coefficient (Wildman–Crippen LogP) is 4.37. The molecule has 1 aromatic carbocycles. The number of hydrogen-bond donors (Lipinski definition) is 1. The van der Waals surface area contributed by atoms with Crippen LogP contribution < -0.4 is 5.32 Å². The Morgan fingerprint density at radius 2 is 2.18 bits per heavy atom. The topological polar surface area (TPSA) is 40.1 Å². The van der Waals surface area contributed by atoms with Gasteiger partial charge in [0, 0.05) is 49.8 Å². The summed E-state index contributed by atoms with van der Waals surface area (Å²) in [7, 11) is 2.18. The minimum absolute atomic E-state index is 0.266. The van der Waals surface area contributed by atoms with Gasteiger partial charge in [-0.15, -0.1) is 11.3 Å². The zero-order valence-corrected chi connectivity index (χ0v) is 17.5. The van der Waals surface area contributed by atoms with Crippen molar-refractivity contribution in [2.45, 2.75) is 26.3 Å². The Hall–Kier alpha value is -1.96. The van der Waals surface area contributed by atoms with Crippen LogP contribution >= 0.6 is 11.3 Å². The SMILES string of the molecule is CCOCC[C@H]1CN(C2=Nc3cc(F)ccc3Nc3sc(C)cc32)CCN1C. The number of halogens is 1. The molecule has 0 aliphatic carbocycles. The lowest BCUT2D eigenvalue weighted by atomic mass is 10.1. The Bertz CT molecular complexity index is 881. The zero-order valence-electron chi connectivity index (χ0n) is 16.7. The predicted molar refractivity (Wildman–Crippen MR) is 114 cm³/mol. The molecular weight excluding hydrogens is 375 g/mol. The molecule has 2 aliphatic heterocycles. The normalized spacial score (nSPS) is 19.5. The summed E-state index contributed by atoms with van der Waals surface area (Å²) in [6, 6.07) is 7.35. The van der Waals surface area contributed by atoms with Crippen LogP contribution in [0.4, 0.5) is 20.8 Å². The molecule has 1 atom stereocenters. The average molecular weight is 403 g/mol. The standard InChI is InChI=1S/C21H27FN4OS/c1-4-27-10-7-16-13-26(9-8-25(16)3)20-17-11-14(2)28-21(17)24-18-6-5-15(22)12-19(18)23-20/h5-6,11-12,16,24H,4,7-10,13H2,1-3H3/t16-/m0/s1. The highest BCUT2D eigenvalue weighted by molar-refractivity contribution is 7.16. The third kappa shape index (κ3) is 3.92. The van der Waals surface area contributed by atoms with E-state index in [1.165, 1.54) is 17.0 Å². The third-order valence-corrected chi connectivity index (χ3v) is 6.37. The molecular formula is C21H27FN4OS. The number of nitrogens with one attached hydrogen (secondary N) is 1. The van der Waals surface area contributed by atoms with Gasteiger partial charge in [-0.05, 0) is 45.5 Å². The minimum Gasteiger partial charge on any atom is -0.382 e. The molecule has 0 saturated carbocycles. The molecule has 0 unspecified atom stereocenters. The summed E-state index contributed by atoms with van der Waals surface area (Å²) < 4.78 is 19.5. The zero-order chi connectivity index (χ0) is 19.7. The summed E-state index contributed by atoms with van der Waals surface area (Å²) in [5.41, 5.74) is 2.61. The summed E-state index contributed by atoms with van der Waals surface area (Å²) in [5.74, 6) is 0.670. The fourth-order valence-corrected chi connectivity index (χ4v) is 4.75. The molecule has 4 rings (SSSR count). The summed E-state index contributed by atoms with van der Waals surface area (Å²) in [6.07, 6.45) is 0.993. The molecule has 0 radical (unpaired) electrons. The van der Waals surface area contributed by atoms with Crippen LogP contribution in [0.5, 0.6) is 0 Å². The minimum atomic E-state index is -0.266. The van der Waals surface area contributed by atoms with E-state index in [0.29, 0.717) is 11.7 Å². The molecule has 2 aliphatic rings. The van der Waals surface area contributed by atoms with E-state index >= 15 is 0 Å². The van der Waals surface area contributed by atoms with Gasteiger partial charge < -0.3 is 15.0 Å². The molecule has 1 N–H and O–H groups in total. The van der Waals surface area contributed by atoms with Crippen molar-refractivity contribution in [1.29, 1.82) is 0 Å². The smallest absolute Gasteiger partial charge is 0.139 e. The van der Waals surface area contributed by atoms with Gasteiger partial charge in [0.2, 0.25) is 0 Å². The van der Waals surface area contributed by atoms with Gasteiger partial charge in [-0.25, -0.2) is 9.38 Å². The highest BCUT2D eigenvalue weighted by atomic mass is 32.1. The Labute approximate surface area is 169 Å². The van der Waals surface area contributed by atoms with E-state index in [4.69, 9.17) is 9.73 Å². The molecule has 1 saturated heterocycles. The summed E-state index contributed by atoms with van der Waals surface area (Å²) in [5, 5.41) is 4.54. The van der Waals surface area contributed by atoms with Gasteiger partial charge in [-0.1, -0.05) is 0 Å².